The lowest BCUT2D eigenvalue weighted by Gasteiger charge is -2.35. The van der Waals surface area contributed by atoms with Gasteiger partial charge in [-0.15, -0.1) is 0 Å². The lowest BCUT2D eigenvalue weighted by atomic mass is 9.67. The molecule has 196 valence electrons. The molecule has 0 aliphatic heterocycles. The Kier molecular flexibility index (Phi) is 12.5. The van der Waals surface area contributed by atoms with Crippen molar-refractivity contribution in [3.63, 3.8) is 0 Å². The molecule has 1 aromatic carbocycles. The zero-order valence-electron chi connectivity index (χ0n) is 23.1. The highest BCUT2D eigenvalue weighted by molar-refractivity contribution is 5.55. The highest BCUT2D eigenvalue weighted by Gasteiger charge is 2.35. The molecule has 1 aliphatic rings. The fourth-order valence-corrected chi connectivity index (χ4v) is 5.81. The van der Waals surface area contributed by atoms with Crippen LogP contribution in [0.15, 0.2) is 36.7 Å². The molecule has 0 unspecified atom stereocenters. The number of rotatable bonds is 16. The van der Waals surface area contributed by atoms with Crippen molar-refractivity contribution in [2.24, 2.45) is 5.41 Å². The Morgan fingerprint density at radius 3 is 1.92 bits per heavy atom. The molecule has 1 saturated carbocycles. The van der Waals surface area contributed by atoms with Gasteiger partial charge in [0, 0.05) is 18.0 Å². The third-order valence-corrected chi connectivity index (χ3v) is 8.35. The maximum absolute atomic E-state index is 9.99. The third kappa shape index (κ3) is 9.02. The van der Waals surface area contributed by atoms with Gasteiger partial charge in [0.1, 0.15) is 0 Å². The minimum absolute atomic E-state index is 0.0786. The van der Waals surface area contributed by atoms with Crippen molar-refractivity contribution >= 4 is 0 Å². The van der Waals surface area contributed by atoms with Gasteiger partial charge in [-0.1, -0.05) is 109 Å². The van der Waals surface area contributed by atoms with E-state index in [1.165, 1.54) is 88.2 Å². The third-order valence-electron chi connectivity index (χ3n) is 8.35. The number of unbranched alkanes of at least 4 members (excludes halogenated alkanes) is 10. The number of hydrogen-bond donors (Lipinski definition) is 0. The van der Waals surface area contributed by atoms with Gasteiger partial charge in [0.2, 0.25) is 0 Å². The van der Waals surface area contributed by atoms with Crippen LogP contribution in [0.2, 0.25) is 0 Å². The minimum Gasteiger partial charge on any atom is -0.236 e. The summed E-state index contributed by atoms with van der Waals surface area (Å²) >= 11 is 0. The highest BCUT2D eigenvalue weighted by atomic mass is 14.9. The first kappa shape index (κ1) is 28.4. The SMILES string of the molecule is CCCCCCCCCC[C@]1(C#N)CC[C@H](c2ccc(-c3ncc(CCCCCC)cn3)cc2)CC1. The van der Waals surface area contributed by atoms with E-state index in [-0.39, 0.29) is 5.41 Å². The Labute approximate surface area is 221 Å². The van der Waals surface area contributed by atoms with E-state index in [1.54, 1.807) is 0 Å². The normalized spacial score (nSPS) is 19.8. The van der Waals surface area contributed by atoms with Crippen molar-refractivity contribution < 1.29 is 0 Å². The second kappa shape index (κ2) is 15.8. The molecule has 0 saturated heterocycles. The molecule has 3 nitrogen and oxygen atoms in total. The standard InChI is InChI=1S/C33H49N3/c1-3-5-7-9-10-11-12-14-22-33(27-34)23-20-30(21-24-33)29-16-18-31(19-17-29)32-35-25-28(26-36-32)15-13-8-6-4-2/h16-19,25-26,30H,3-15,20-24H2,1-2H3/t30-,33-. The summed E-state index contributed by atoms with van der Waals surface area (Å²) in [5.74, 6) is 1.39. The summed E-state index contributed by atoms with van der Waals surface area (Å²) in [6, 6.07) is 11.6. The summed E-state index contributed by atoms with van der Waals surface area (Å²) in [5, 5.41) is 9.99. The van der Waals surface area contributed by atoms with E-state index >= 15 is 0 Å². The van der Waals surface area contributed by atoms with Gasteiger partial charge in [0.15, 0.2) is 5.82 Å². The van der Waals surface area contributed by atoms with E-state index in [0.29, 0.717) is 5.92 Å². The van der Waals surface area contributed by atoms with Crippen LogP contribution >= 0.6 is 0 Å². The average Bonchev–Trinajstić information content (AvgIpc) is 2.93. The molecular formula is C33H49N3. The van der Waals surface area contributed by atoms with Crippen molar-refractivity contribution in [3.05, 3.63) is 47.8 Å². The Morgan fingerprint density at radius 2 is 1.33 bits per heavy atom. The predicted octanol–water partition coefficient (Wildman–Crippen LogP) is 9.96. The Hall–Kier alpha value is -2.21. The molecular weight excluding hydrogens is 438 g/mol. The molecule has 0 N–H and O–H groups in total. The molecule has 1 aromatic heterocycles. The van der Waals surface area contributed by atoms with Gasteiger partial charge in [-0.05, 0) is 62.0 Å². The van der Waals surface area contributed by atoms with Gasteiger partial charge in [0.25, 0.3) is 0 Å². The Morgan fingerprint density at radius 1 is 0.778 bits per heavy atom. The molecule has 2 aromatic rings. The van der Waals surface area contributed by atoms with E-state index in [4.69, 9.17) is 0 Å². The fourth-order valence-electron chi connectivity index (χ4n) is 5.81. The van der Waals surface area contributed by atoms with Gasteiger partial charge in [0.05, 0.1) is 11.5 Å². The van der Waals surface area contributed by atoms with E-state index in [0.717, 1.165) is 49.9 Å². The molecule has 0 radical (unpaired) electrons. The molecule has 0 bridgehead atoms. The number of aryl methyl sites for hydroxylation is 1. The largest absolute Gasteiger partial charge is 0.236 e. The van der Waals surface area contributed by atoms with Gasteiger partial charge in [-0.25, -0.2) is 9.97 Å². The molecule has 3 rings (SSSR count). The quantitative estimate of drug-likeness (QED) is 0.221. The van der Waals surface area contributed by atoms with Gasteiger partial charge in [-0.2, -0.15) is 5.26 Å². The van der Waals surface area contributed by atoms with Gasteiger partial charge < -0.3 is 0 Å². The smallest absolute Gasteiger partial charge is 0.159 e. The van der Waals surface area contributed by atoms with Crippen LogP contribution in [0.3, 0.4) is 0 Å². The van der Waals surface area contributed by atoms with Crippen LogP contribution < -0.4 is 0 Å². The lowest BCUT2D eigenvalue weighted by molar-refractivity contribution is 0.222. The first-order chi connectivity index (χ1) is 17.7. The van der Waals surface area contributed by atoms with Crippen LogP contribution in [-0.2, 0) is 6.42 Å². The predicted molar refractivity (Wildman–Crippen MR) is 152 cm³/mol. The first-order valence-corrected chi connectivity index (χ1v) is 15.0. The Bertz CT molecular complexity index is 886. The summed E-state index contributed by atoms with van der Waals surface area (Å²) in [6.07, 6.45) is 26.3. The molecule has 1 fully saturated rings. The zero-order chi connectivity index (χ0) is 25.5. The Balaban J connectivity index is 1.42. The second-order valence-electron chi connectivity index (χ2n) is 11.2. The van der Waals surface area contributed by atoms with Crippen LogP contribution in [0.25, 0.3) is 11.4 Å². The number of nitrogens with zero attached hydrogens (tertiary/aromatic N) is 3. The number of benzene rings is 1. The monoisotopic (exact) mass is 487 g/mol. The van der Waals surface area contributed by atoms with Crippen molar-refractivity contribution in [1.82, 2.24) is 9.97 Å². The minimum atomic E-state index is -0.0786. The fraction of sp³-hybridized carbons (Fsp3) is 0.667. The van der Waals surface area contributed by atoms with Crippen LogP contribution in [0.4, 0.5) is 0 Å². The average molecular weight is 488 g/mol. The summed E-state index contributed by atoms with van der Waals surface area (Å²) in [4.78, 5) is 9.27. The molecule has 3 heteroatoms. The van der Waals surface area contributed by atoms with E-state index in [2.05, 4.69) is 54.2 Å². The molecule has 0 amide bonds. The van der Waals surface area contributed by atoms with Crippen molar-refractivity contribution in [2.45, 2.75) is 135 Å². The van der Waals surface area contributed by atoms with E-state index in [9.17, 15) is 5.26 Å². The maximum atomic E-state index is 9.99. The summed E-state index contributed by atoms with van der Waals surface area (Å²) in [6.45, 7) is 4.52. The number of hydrogen-bond acceptors (Lipinski definition) is 3. The van der Waals surface area contributed by atoms with E-state index in [1.807, 2.05) is 12.4 Å². The van der Waals surface area contributed by atoms with Gasteiger partial charge in [-0.3, -0.25) is 0 Å². The van der Waals surface area contributed by atoms with Crippen LogP contribution in [0.5, 0.6) is 0 Å². The molecule has 36 heavy (non-hydrogen) atoms. The number of aromatic nitrogens is 2. The van der Waals surface area contributed by atoms with E-state index < -0.39 is 0 Å². The lowest BCUT2D eigenvalue weighted by Crippen LogP contribution is -2.25. The molecule has 0 spiro atoms. The van der Waals surface area contributed by atoms with Gasteiger partial charge >= 0.3 is 0 Å². The van der Waals surface area contributed by atoms with Crippen molar-refractivity contribution in [3.8, 4) is 17.5 Å². The topological polar surface area (TPSA) is 49.6 Å². The first-order valence-electron chi connectivity index (χ1n) is 15.0. The van der Waals surface area contributed by atoms with Crippen LogP contribution in [-0.4, -0.2) is 9.97 Å². The van der Waals surface area contributed by atoms with Crippen molar-refractivity contribution in [1.29, 1.82) is 5.26 Å². The number of nitriles is 1. The van der Waals surface area contributed by atoms with Crippen LogP contribution in [0.1, 0.15) is 140 Å². The van der Waals surface area contributed by atoms with Crippen molar-refractivity contribution in [2.75, 3.05) is 0 Å². The second-order valence-corrected chi connectivity index (χ2v) is 11.2. The maximum Gasteiger partial charge on any atom is 0.159 e. The summed E-state index contributed by atoms with van der Waals surface area (Å²) in [5.41, 5.74) is 3.66. The summed E-state index contributed by atoms with van der Waals surface area (Å²) < 4.78 is 0. The highest BCUT2D eigenvalue weighted by Crippen LogP contribution is 2.45. The zero-order valence-corrected chi connectivity index (χ0v) is 23.1. The van der Waals surface area contributed by atoms with Crippen LogP contribution in [0, 0.1) is 16.7 Å². The molecule has 0 atom stereocenters. The molecule has 1 aliphatic carbocycles. The molecule has 1 heterocycles. The summed E-state index contributed by atoms with van der Waals surface area (Å²) in [7, 11) is 0.